The van der Waals surface area contributed by atoms with E-state index in [2.05, 4.69) is 5.32 Å². The van der Waals surface area contributed by atoms with Crippen molar-refractivity contribution in [3.8, 4) is 0 Å². The highest BCUT2D eigenvalue weighted by Crippen LogP contribution is 2.57. The van der Waals surface area contributed by atoms with Crippen LogP contribution in [0.1, 0.15) is 0 Å². The molecule has 5 atom stereocenters. The summed E-state index contributed by atoms with van der Waals surface area (Å²) in [5, 5.41) is 2.97. The van der Waals surface area contributed by atoms with Crippen molar-refractivity contribution in [1.82, 2.24) is 5.32 Å². The molecule has 0 amide bonds. The van der Waals surface area contributed by atoms with Gasteiger partial charge in [0.1, 0.15) is 12.3 Å². The van der Waals surface area contributed by atoms with Gasteiger partial charge >= 0.3 is 0 Å². The molecule has 2 aliphatic heterocycles. The zero-order chi connectivity index (χ0) is 7.64. The van der Waals surface area contributed by atoms with Crippen molar-refractivity contribution in [2.45, 2.75) is 24.4 Å². The molecule has 0 aromatic heterocycles. The number of rotatable bonds is 0. The maximum absolute atomic E-state index is 13.1. The minimum Gasteiger partial charge on any atom is -0.379 e. The molecule has 2 nitrogen and oxygen atoms in total. The highest BCUT2D eigenvalue weighted by molar-refractivity contribution is 5.28. The minimum atomic E-state index is -1.30. The second-order valence-electron chi connectivity index (χ2n) is 3.67. The molecule has 1 N–H and O–H groups in total. The SMILES string of the molecule is FC1C(F)C23COCC2NC13. The van der Waals surface area contributed by atoms with Crippen LogP contribution in [-0.2, 0) is 4.74 Å². The summed E-state index contributed by atoms with van der Waals surface area (Å²) in [6, 6.07) is -0.181. The molecule has 0 aromatic carbocycles. The molecule has 3 aliphatic rings. The molecule has 11 heavy (non-hydrogen) atoms. The Labute approximate surface area is 62.9 Å². The van der Waals surface area contributed by atoms with Crippen LogP contribution in [0.4, 0.5) is 8.78 Å². The third-order valence-electron chi connectivity index (χ3n) is 3.36. The van der Waals surface area contributed by atoms with Gasteiger partial charge in [-0.3, -0.25) is 0 Å². The van der Waals surface area contributed by atoms with Crippen LogP contribution in [0, 0.1) is 5.41 Å². The fourth-order valence-corrected chi connectivity index (χ4v) is 2.57. The van der Waals surface area contributed by atoms with Crippen LogP contribution in [-0.4, -0.2) is 37.6 Å². The normalized spacial score (nSPS) is 66.0. The Morgan fingerprint density at radius 2 is 2.27 bits per heavy atom. The number of ether oxygens (including phenoxy) is 1. The van der Waals surface area contributed by atoms with Crippen LogP contribution in [0.3, 0.4) is 0 Å². The molecule has 0 bridgehead atoms. The summed E-state index contributed by atoms with van der Waals surface area (Å²) in [6.45, 7) is 0.945. The van der Waals surface area contributed by atoms with Gasteiger partial charge in [-0.15, -0.1) is 0 Å². The number of piperidine rings is 1. The lowest BCUT2D eigenvalue weighted by Gasteiger charge is -2.63. The van der Waals surface area contributed by atoms with E-state index in [1.54, 1.807) is 0 Å². The zero-order valence-corrected chi connectivity index (χ0v) is 5.89. The van der Waals surface area contributed by atoms with Crippen molar-refractivity contribution < 1.29 is 13.5 Å². The van der Waals surface area contributed by atoms with E-state index in [-0.39, 0.29) is 12.1 Å². The van der Waals surface area contributed by atoms with E-state index in [0.717, 1.165) is 0 Å². The lowest BCUT2D eigenvalue weighted by molar-refractivity contribution is -0.187. The molecule has 4 heteroatoms. The molecule has 5 unspecified atom stereocenters. The topological polar surface area (TPSA) is 21.3 Å². The van der Waals surface area contributed by atoms with E-state index in [0.29, 0.717) is 13.2 Å². The summed E-state index contributed by atoms with van der Waals surface area (Å²) in [5.74, 6) is 0. The smallest absolute Gasteiger partial charge is 0.148 e. The van der Waals surface area contributed by atoms with Crippen LogP contribution in [0.15, 0.2) is 0 Å². The lowest BCUT2D eigenvalue weighted by Crippen LogP contribution is -2.86. The summed E-state index contributed by atoms with van der Waals surface area (Å²) in [5.41, 5.74) is -0.473. The van der Waals surface area contributed by atoms with Crippen LogP contribution in [0.25, 0.3) is 0 Å². The van der Waals surface area contributed by atoms with Crippen LogP contribution < -0.4 is 5.32 Å². The fourth-order valence-electron chi connectivity index (χ4n) is 2.57. The molecule has 1 aliphatic carbocycles. The number of nitrogens with one attached hydrogen (secondary N) is 1. The van der Waals surface area contributed by atoms with Crippen LogP contribution >= 0.6 is 0 Å². The quantitative estimate of drug-likeness (QED) is 0.541. The van der Waals surface area contributed by atoms with Gasteiger partial charge in [-0.1, -0.05) is 0 Å². The van der Waals surface area contributed by atoms with Crippen LogP contribution in [0.2, 0.25) is 0 Å². The molecular weight excluding hydrogens is 152 g/mol. The van der Waals surface area contributed by atoms with Crippen molar-refractivity contribution in [1.29, 1.82) is 0 Å². The maximum Gasteiger partial charge on any atom is 0.148 e. The van der Waals surface area contributed by atoms with Gasteiger partial charge in [0.25, 0.3) is 0 Å². The molecule has 2 heterocycles. The Hall–Kier alpha value is -0.220. The Balaban J connectivity index is 1.92. The third kappa shape index (κ3) is 0.438. The molecule has 1 saturated carbocycles. The second kappa shape index (κ2) is 1.59. The molecule has 2 saturated heterocycles. The number of hydrogen-bond donors (Lipinski definition) is 1. The predicted molar refractivity (Wildman–Crippen MR) is 33.8 cm³/mol. The Morgan fingerprint density at radius 1 is 1.45 bits per heavy atom. The first-order valence-electron chi connectivity index (χ1n) is 3.89. The second-order valence-corrected chi connectivity index (χ2v) is 3.67. The first-order valence-corrected chi connectivity index (χ1v) is 3.89. The summed E-state index contributed by atoms with van der Waals surface area (Å²) in [7, 11) is 0. The fraction of sp³-hybridized carbons (Fsp3) is 1.00. The van der Waals surface area contributed by atoms with Gasteiger partial charge < -0.3 is 10.1 Å². The van der Waals surface area contributed by atoms with Crippen molar-refractivity contribution in [3.63, 3.8) is 0 Å². The van der Waals surface area contributed by atoms with Gasteiger partial charge in [0.15, 0.2) is 0 Å². The zero-order valence-electron chi connectivity index (χ0n) is 5.89. The van der Waals surface area contributed by atoms with Gasteiger partial charge in [0, 0.05) is 6.04 Å². The van der Waals surface area contributed by atoms with Gasteiger partial charge in [-0.25, -0.2) is 8.78 Å². The Bertz CT molecular complexity index is 205. The minimum absolute atomic E-state index is 0.0782. The summed E-state index contributed by atoms with van der Waals surface area (Å²) < 4.78 is 30.9. The van der Waals surface area contributed by atoms with E-state index in [1.165, 1.54) is 0 Å². The average molecular weight is 161 g/mol. The largest absolute Gasteiger partial charge is 0.379 e. The highest BCUT2D eigenvalue weighted by Gasteiger charge is 2.76. The maximum atomic E-state index is 13.1. The Morgan fingerprint density at radius 3 is 2.91 bits per heavy atom. The average Bonchev–Trinajstić information content (AvgIpc) is 2.32. The molecule has 62 valence electrons. The predicted octanol–water partition coefficient (Wildman–Crippen LogP) is 0.0332. The van der Waals surface area contributed by atoms with E-state index in [4.69, 9.17) is 4.74 Å². The van der Waals surface area contributed by atoms with E-state index in [9.17, 15) is 8.78 Å². The molecule has 3 fully saturated rings. The highest BCUT2D eigenvalue weighted by atomic mass is 19.2. The van der Waals surface area contributed by atoms with Gasteiger partial charge in [-0.2, -0.15) is 0 Å². The van der Waals surface area contributed by atoms with Crippen molar-refractivity contribution >= 4 is 0 Å². The van der Waals surface area contributed by atoms with Crippen LogP contribution in [0.5, 0.6) is 0 Å². The van der Waals surface area contributed by atoms with Gasteiger partial charge in [-0.05, 0) is 0 Å². The summed E-state index contributed by atoms with van der Waals surface area (Å²) in [4.78, 5) is 0. The van der Waals surface area contributed by atoms with Crippen molar-refractivity contribution in [3.05, 3.63) is 0 Å². The molecule has 0 aromatic rings. The molecule has 0 radical (unpaired) electrons. The van der Waals surface area contributed by atoms with Crippen molar-refractivity contribution in [2.24, 2.45) is 5.41 Å². The first-order chi connectivity index (χ1) is 5.27. The number of hydrogen-bond acceptors (Lipinski definition) is 2. The van der Waals surface area contributed by atoms with E-state index in [1.807, 2.05) is 0 Å². The third-order valence-corrected chi connectivity index (χ3v) is 3.36. The van der Waals surface area contributed by atoms with Gasteiger partial charge in [0.05, 0.1) is 24.7 Å². The van der Waals surface area contributed by atoms with Gasteiger partial charge in [0.2, 0.25) is 0 Å². The molecule has 3 rings (SSSR count). The first kappa shape index (κ1) is 6.31. The lowest BCUT2D eigenvalue weighted by atomic mass is 9.53. The summed E-state index contributed by atoms with van der Waals surface area (Å²) in [6.07, 6.45) is -2.59. The molecule has 1 spiro atoms. The Kier molecular flexibility index (Phi) is 0.912. The molecular formula is C7H9F2NO. The van der Waals surface area contributed by atoms with E-state index >= 15 is 0 Å². The monoisotopic (exact) mass is 161 g/mol. The standard InChI is InChI=1S/C7H9F2NO/c8-4-5(9)7-2-11-1-3(7)10-6(4)7/h3-6,10H,1-2H2. The van der Waals surface area contributed by atoms with Crippen molar-refractivity contribution in [2.75, 3.05) is 13.2 Å². The van der Waals surface area contributed by atoms with E-state index < -0.39 is 17.8 Å². The number of alkyl halides is 2. The summed E-state index contributed by atoms with van der Waals surface area (Å²) >= 11 is 0. The number of halogens is 2.